The van der Waals surface area contributed by atoms with E-state index in [-0.39, 0.29) is 17.0 Å². The highest BCUT2D eigenvalue weighted by Gasteiger charge is 2.44. The van der Waals surface area contributed by atoms with Crippen LogP contribution in [0.5, 0.6) is 0 Å². The number of rotatable bonds is 4. The maximum atomic E-state index is 3.68. The molecular weight excluding hydrogens is 353 g/mol. The lowest BCUT2D eigenvalue weighted by molar-refractivity contribution is -0.00000412. The fraction of sp³-hybridized carbons (Fsp3) is 0.0526. The Hall–Kier alpha value is -1.47. The third kappa shape index (κ3) is 3.01. The van der Waals surface area contributed by atoms with E-state index in [2.05, 4.69) is 103 Å². The first-order valence-electron chi connectivity index (χ1n) is 7.13. The first-order valence-corrected chi connectivity index (χ1v) is 8.92. The van der Waals surface area contributed by atoms with Gasteiger partial charge in [-0.3, -0.25) is 0 Å². The van der Waals surface area contributed by atoms with Crippen LogP contribution < -0.4 is 38.0 Å². The number of halogens is 1. The van der Waals surface area contributed by atoms with Crippen molar-refractivity contribution in [2.45, 2.75) is 0 Å². The Morgan fingerprint density at radius 2 is 0.818 bits per heavy atom. The summed E-state index contributed by atoms with van der Waals surface area (Å²) in [5, 5.41) is 7.73. The Kier molecular flexibility index (Phi) is 5.90. The molecule has 22 heavy (non-hydrogen) atoms. The van der Waals surface area contributed by atoms with Crippen LogP contribution in [0.3, 0.4) is 0 Å². The van der Waals surface area contributed by atoms with E-state index >= 15 is 0 Å². The summed E-state index contributed by atoms with van der Waals surface area (Å²) in [7, 11) is 0.286. The monoisotopic (exact) mass is 371 g/mol. The SMILES string of the molecule is CN[P+](c1ccccc1)(c1ccccc1)c1ccccc1.[Br-]. The van der Waals surface area contributed by atoms with Gasteiger partial charge in [-0.25, -0.2) is 0 Å². The molecule has 0 radical (unpaired) electrons. The van der Waals surface area contributed by atoms with Gasteiger partial charge in [-0.1, -0.05) is 54.6 Å². The van der Waals surface area contributed by atoms with Gasteiger partial charge in [-0.2, -0.15) is 5.09 Å². The molecule has 0 fully saturated rings. The van der Waals surface area contributed by atoms with E-state index in [4.69, 9.17) is 0 Å². The minimum atomic E-state index is -1.78. The zero-order valence-electron chi connectivity index (χ0n) is 12.5. The molecule has 0 heterocycles. The summed E-state index contributed by atoms with van der Waals surface area (Å²) in [6.07, 6.45) is 0. The van der Waals surface area contributed by atoms with Crippen LogP contribution in [0.15, 0.2) is 91.0 Å². The van der Waals surface area contributed by atoms with E-state index < -0.39 is 7.41 Å². The van der Waals surface area contributed by atoms with Gasteiger partial charge in [0.1, 0.15) is 15.9 Å². The molecule has 0 aliphatic heterocycles. The molecule has 3 aromatic rings. The average molecular weight is 372 g/mol. The normalized spacial score (nSPS) is 10.8. The Labute approximate surface area is 143 Å². The average Bonchev–Trinajstić information content (AvgIpc) is 2.59. The lowest BCUT2D eigenvalue weighted by Gasteiger charge is -2.26. The fourth-order valence-electron chi connectivity index (χ4n) is 2.79. The summed E-state index contributed by atoms with van der Waals surface area (Å²) in [6.45, 7) is 0. The highest BCUT2D eigenvalue weighted by atomic mass is 79.9. The number of hydrogen-bond acceptors (Lipinski definition) is 1. The van der Waals surface area contributed by atoms with Gasteiger partial charge in [-0.05, 0) is 36.4 Å². The molecule has 1 nitrogen and oxygen atoms in total. The summed E-state index contributed by atoms with van der Waals surface area (Å²) in [5.41, 5.74) is 0. The van der Waals surface area contributed by atoms with Crippen LogP contribution in [0.4, 0.5) is 0 Å². The molecule has 0 atom stereocenters. The second-order valence-electron chi connectivity index (χ2n) is 4.90. The quantitative estimate of drug-likeness (QED) is 0.642. The topological polar surface area (TPSA) is 12.0 Å². The lowest BCUT2D eigenvalue weighted by Crippen LogP contribution is -3.00. The second kappa shape index (κ2) is 7.69. The van der Waals surface area contributed by atoms with Gasteiger partial charge in [-0.15, -0.1) is 0 Å². The molecule has 0 aliphatic rings. The molecule has 0 bridgehead atoms. The van der Waals surface area contributed by atoms with Crippen LogP contribution in [0.2, 0.25) is 0 Å². The van der Waals surface area contributed by atoms with Crippen LogP contribution in [-0.4, -0.2) is 7.05 Å². The molecule has 0 spiro atoms. The zero-order valence-corrected chi connectivity index (χ0v) is 15.0. The largest absolute Gasteiger partial charge is 1.00 e. The van der Waals surface area contributed by atoms with Crippen molar-refractivity contribution in [3.63, 3.8) is 0 Å². The van der Waals surface area contributed by atoms with Gasteiger partial charge in [0.25, 0.3) is 0 Å². The van der Waals surface area contributed by atoms with Crippen molar-refractivity contribution in [3.8, 4) is 0 Å². The van der Waals surface area contributed by atoms with Crippen molar-refractivity contribution in [2.75, 3.05) is 7.05 Å². The smallest absolute Gasteiger partial charge is 0.178 e. The predicted molar refractivity (Wildman–Crippen MR) is 94.2 cm³/mol. The molecule has 1 N–H and O–H groups in total. The van der Waals surface area contributed by atoms with E-state index in [0.717, 1.165) is 0 Å². The highest BCUT2D eigenvalue weighted by molar-refractivity contribution is 7.94. The molecular formula is C19H19BrNP. The van der Waals surface area contributed by atoms with Crippen LogP contribution >= 0.6 is 7.41 Å². The summed E-state index contributed by atoms with van der Waals surface area (Å²) >= 11 is 0. The van der Waals surface area contributed by atoms with Gasteiger partial charge in [0.2, 0.25) is 0 Å². The third-order valence-electron chi connectivity index (χ3n) is 3.77. The van der Waals surface area contributed by atoms with Gasteiger partial charge < -0.3 is 17.0 Å². The van der Waals surface area contributed by atoms with Crippen LogP contribution in [-0.2, 0) is 0 Å². The number of benzene rings is 3. The predicted octanol–water partition coefficient (Wildman–Crippen LogP) is 0.119. The maximum absolute atomic E-state index is 3.68. The number of nitrogens with one attached hydrogen (secondary N) is 1. The van der Waals surface area contributed by atoms with Gasteiger partial charge >= 0.3 is 0 Å². The molecule has 3 aromatic carbocycles. The Morgan fingerprint density at radius 1 is 0.545 bits per heavy atom. The second-order valence-corrected chi connectivity index (χ2v) is 8.24. The zero-order chi connectivity index (χ0) is 14.5. The molecule has 112 valence electrons. The van der Waals surface area contributed by atoms with E-state index in [1.807, 2.05) is 0 Å². The summed E-state index contributed by atoms with van der Waals surface area (Å²) in [4.78, 5) is 0. The minimum absolute atomic E-state index is 0. The van der Waals surface area contributed by atoms with Crippen molar-refractivity contribution in [3.05, 3.63) is 91.0 Å². The van der Waals surface area contributed by atoms with E-state index in [1.165, 1.54) is 15.9 Å². The standard InChI is InChI=1S/C19H19NP.BrH/c1-20-21(17-11-5-2-6-12-17,18-13-7-3-8-14-18)19-15-9-4-10-16-19;/h2-16,20H,1H3;1H/q+1;/p-1. The van der Waals surface area contributed by atoms with Crippen LogP contribution in [0.25, 0.3) is 0 Å². The van der Waals surface area contributed by atoms with Crippen LogP contribution in [0, 0.1) is 0 Å². The Balaban J connectivity index is 0.00000176. The Morgan fingerprint density at radius 3 is 1.05 bits per heavy atom. The third-order valence-corrected chi connectivity index (χ3v) is 7.65. The molecule has 0 amide bonds. The van der Waals surface area contributed by atoms with E-state index in [1.54, 1.807) is 0 Å². The summed E-state index contributed by atoms with van der Waals surface area (Å²) < 4.78 is 0. The molecule has 0 aliphatic carbocycles. The van der Waals surface area contributed by atoms with E-state index in [9.17, 15) is 0 Å². The van der Waals surface area contributed by atoms with Crippen molar-refractivity contribution in [1.29, 1.82) is 0 Å². The first kappa shape index (κ1) is 16.9. The van der Waals surface area contributed by atoms with Crippen molar-refractivity contribution in [2.24, 2.45) is 0 Å². The molecule has 3 heteroatoms. The van der Waals surface area contributed by atoms with Gasteiger partial charge in [0.15, 0.2) is 7.41 Å². The Bertz CT molecular complexity index is 590. The highest BCUT2D eigenvalue weighted by Crippen LogP contribution is 2.50. The molecule has 3 rings (SSSR count). The molecule has 0 unspecified atom stereocenters. The first-order chi connectivity index (χ1) is 10.4. The van der Waals surface area contributed by atoms with Crippen molar-refractivity contribution in [1.82, 2.24) is 5.09 Å². The molecule has 0 saturated carbocycles. The fourth-order valence-corrected chi connectivity index (χ4v) is 6.32. The maximum Gasteiger partial charge on any atom is 0.178 e. The van der Waals surface area contributed by atoms with Crippen LogP contribution in [0.1, 0.15) is 0 Å². The minimum Gasteiger partial charge on any atom is -1.00 e. The molecule has 0 saturated heterocycles. The molecule has 0 aromatic heterocycles. The summed E-state index contributed by atoms with van der Waals surface area (Å²) in [5.74, 6) is 0. The summed E-state index contributed by atoms with van der Waals surface area (Å²) in [6, 6.07) is 32.3. The van der Waals surface area contributed by atoms with Crippen molar-refractivity contribution < 1.29 is 17.0 Å². The number of hydrogen-bond donors (Lipinski definition) is 1. The van der Waals surface area contributed by atoms with Gasteiger partial charge in [0, 0.05) is 7.05 Å². The van der Waals surface area contributed by atoms with E-state index in [0.29, 0.717) is 0 Å². The van der Waals surface area contributed by atoms with Gasteiger partial charge in [0.05, 0.1) is 0 Å². The van der Waals surface area contributed by atoms with Crippen molar-refractivity contribution >= 4 is 23.3 Å². The lowest BCUT2D eigenvalue weighted by atomic mass is 10.4.